The summed E-state index contributed by atoms with van der Waals surface area (Å²) in [5.74, 6) is -0.488. The molecule has 8 nitrogen and oxygen atoms in total. The van der Waals surface area contributed by atoms with Crippen LogP contribution in [-0.2, 0) is 14.8 Å². The Bertz CT molecular complexity index is 1110. The van der Waals surface area contributed by atoms with Crippen LogP contribution in [0, 0.1) is 12.8 Å². The van der Waals surface area contributed by atoms with E-state index in [0.29, 0.717) is 29.5 Å². The van der Waals surface area contributed by atoms with Gasteiger partial charge in [-0.15, -0.1) is 16.4 Å². The highest BCUT2D eigenvalue weighted by molar-refractivity contribution is 7.91. The molecule has 0 radical (unpaired) electrons. The Kier molecular flexibility index (Phi) is 5.48. The normalized spacial score (nSPS) is 17.9. The summed E-state index contributed by atoms with van der Waals surface area (Å²) in [6.45, 7) is 2.49. The summed E-state index contributed by atoms with van der Waals surface area (Å²) < 4.78 is 32.7. The lowest BCUT2D eigenvalue weighted by Gasteiger charge is -2.30. The highest BCUT2D eigenvalue weighted by Crippen LogP contribution is 2.27. The van der Waals surface area contributed by atoms with Gasteiger partial charge in [0, 0.05) is 18.7 Å². The number of nitrogens with zero attached hydrogens (tertiary/aromatic N) is 3. The number of hydrogen-bond donors (Lipinski definition) is 1. The van der Waals surface area contributed by atoms with Crippen LogP contribution in [0.5, 0.6) is 0 Å². The van der Waals surface area contributed by atoms with Crippen LogP contribution in [0.1, 0.15) is 18.4 Å². The van der Waals surface area contributed by atoms with Gasteiger partial charge in [-0.2, -0.15) is 4.31 Å². The highest BCUT2D eigenvalue weighted by atomic mass is 32.2. The fourth-order valence-corrected chi connectivity index (χ4v) is 5.96. The third-order valence-corrected chi connectivity index (χ3v) is 8.00. The predicted octanol–water partition coefficient (Wildman–Crippen LogP) is 3.15. The fourth-order valence-electron chi connectivity index (χ4n) is 3.29. The number of aromatic nitrogens is 2. The van der Waals surface area contributed by atoms with Gasteiger partial charge < -0.3 is 4.42 Å². The molecule has 152 valence electrons. The first-order valence-electron chi connectivity index (χ1n) is 9.18. The number of benzene rings is 1. The molecule has 0 bridgehead atoms. The first kappa shape index (κ1) is 19.7. The molecule has 1 unspecified atom stereocenters. The molecule has 29 heavy (non-hydrogen) atoms. The highest BCUT2D eigenvalue weighted by Gasteiger charge is 2.34. The van der Waals surface area contributed by atoms with Gasteiger partial charge in [0.1, 0.15) is 4.21 Å². The van der Waals surface area contributed by atoms with E-state index in [9.17, 15) is 13.2 Å². The quantitative estimate of drug-likeness (QED) is 0.664. The Labute approximate surface area is 172 Å². The number of hydrogen-bond acceptors (Lipinski definition) is 7. The number of aryl methyl sites for hydroxylation is 1. The lowest BCUT2D eigenvalue weighted by Crippen LogP contribution is -2.43. The standard InChI is InChI=1S/C19H20N4O4S2/c1-13-5-2-6-14(11-13)18-21-22-19(27-18)20-17(24)15-7-3-9-23(12-15)29(25,26)16-8-4-10-28-16/h2,4-6,8,10-11,15H,3,7,9,12H2,1H3,(H,20,22,24). The summed E-state index contributed by atoms with van der Waals surface area (Å²) >= 11 is 1.17. The Hall–Kier alpha value is -2.56. The zero-order valence-electron chi connectivity index (χ0n) is 15.7. The third kappa shape index (κ3) is 4.24. The molecule has 1 aliphatic rings. The molecule has 3 heterocycles. The first-order valence-corrected chi connectivity index (χ1v) is 11.5. The van der Waals surface area contributed by atoms with E-state index in [1.165, 1.54) is 15.6 Å². The van der Waals surface area contributed by atoms with Gasteiger partial charge in [0.2, 0.25) is 11.8 Å². The minimum atomic E-state index is -3.57. The summed E-state index contributed by atoms with van der Waals surface area (Å²) in [4.78, 5) is 12.7. The fraction of sp³-hybridized carbons (Fsp3) is 0.316. The molecule has 3 aromatic rings. The second kappa shape index (κ2) is 8.05. The van der Waals surface area contributed by atoms with E-state index < -0.39 is 15.9 Å². The average molecular weight is 433 g/mol. The van der Waals surface area contributed by atoms with Gasteiger partial charge in [0.15, 0.2) is 0 Å². The van der Waals surface area contributed by atoms with E-state index in [0.717, 1.165) is 11.1 Å². The van der Waals surface area contributed by atoms with Crippen molar-refractivity contribution in [2.24, 2.45) is 5.92 Å². The smallest absolute Gasteiger partial charge is 0.322 e. The maximum Gasteiger partial charge on any atom is 0.322 e. The first-order chi connectivity index (χ1) is 13.9. The van der Waals surface area contributed by atoms with Crippen molar-refractivity contribution in [2.45, 2.75) is 24.0 Å². The number of carbonyl (C=O) groups is 1. The lowest BCUT2D eigenvalue weighted by atomic mass is 9.99. The third-order valence-electron chi connectivity index (χ3n) is 4.76. The maximum absolute atomic E-state index is 12.7. The minimum absolute atomic E-state index is 0.00439. The molecule has 1 fully saturated rings. The molecule has 0 spiro atoms. The van der Waals surface area contributed by atoms with Gasteiger partial charge in [-0.05, 0) is 43.3 Å². The van der Waals surface area contributed by atoms with Crippen LogP contribution in [0.25, 0.3) is 11.5 Å². The summed E-state index contributed by atoms with van der Waals surface area (Å²) in [6.07, 6.45) is 1.21. The van der Waals surface area contributed by atoms with Crippen LogP contribution >= 0.6 is 11.3 Å². The summed E-state index contributed by atoms with van der Waals surface area (Å²) in [5, 5.41) is 12.2. The number of nitrogens with one attached hydrogen (secondary N) is 1. The van der Waals surface area contributed by atoms with Crippen molar-refractivity contribution in [1.29, 1.82) is 0 Å². The van der Waals surface area contributed by atoms with Gasteiger partial charge in [-0.25, -0.2) is 8.42 Å². The van der Waals surface area contributed by atoms with Crippen molar-refractivity contribution in [3.05, 3.63) is 47.3 Å². The van der Waals surface area contributed by atoms with Crippen molar-refractivity contribution in [3.63, 3.8) is 0 Å². The Morgan fingerprint density at radius 1 is 1.28 bits per heavy atom. The molecular formula is C19H20N4O4S2. The molecule has 0 aliphatic carbocycles. The molecule has 10 heteroatoms. The van der Waals surface area contributed by atoms with E-state index in [1.54, 1.807) is 17.5 Å². The zero-order valence-corrected chi connectivity index (χ0v) is 17.4. The monoisotopic (exact) mass is 432 g/mol. The number of anilines is 1. The number of thiophene rings is 1. The molecule has 2 aromatic heterocycles. The van der Waals surface area contributed by atoms with Gasteiger partial charge in [0.25, 0.3) is 10.0 Å². The zero-order chi connectivity index (χ0) is 20.4. The van der Waals surface area contributed by atoms with Crippen molar-refractivity contribution in [1.82, 2.24) is 14.5 Å². The van der Waals surface area contributed by atoms with Crippen LogP contribution in [0.4, 0.5) is 6.01 Å². The molecule has 0 saturated carbocycles. The minimum Gasteiger partial charge on any atom is -0.403 e. The summed E-state index contributed by atoms with van der Waals surface area (Å²) in [5.41, 5.74) is 1.82. The number of rotatable bonds is 5. The predicted molar refractivity (Wildman–Crippen MR) is 109 cm³/mol. The van der Waals surface area contributed by atoms with E-state index in [2.05, 4.69) is 15.5 Å². The average Bonchev–Trinajstić information content (AvgIpc) is 3.41. The largest absolute Gasteiger partial charge is 0.403 e. The van der Waals surface area contributed by atoms with E-state index in [4.69, 9.17) is 4.42 Å². The van der Waals surface area contributed by atoms with Gasteiger partial charge >= 0.3 is 6.01 Å². The molecule has 1 aromatic carbocycles. The maximum atomic E-state index is 12.7. The van der Waals surface area contributed by atoms with Crippen LogP contribution in [0.15, 0.2) is 50.4 Å². The van der Waals surface area contributed by atoms with Gasteiger partial charge in [-0.3, -0.25) is 10.1 Å². The van der Waals surface area contributed by atoms with Crippen molar-refractivity contribution in [3.8, 4) is 11.5 Å². The molecule has 4 rings (SSSR count). The number of amides is 1. The Morgan fingerprint density at radius 2 is 2.14 bits per heavy atom. The molecule has 1 atom stereocenters. The molecule has 1 aliphatic heterocycles. The van der Waals surface area contributed by atoms with Gasteiger partial charge in [0.05, 0.1) is 5.92 Å². The van der Waals surface area contributed by atoms with Crippen LogP contribution in [0.3, 0.4) is 0 Å². The van der Waals surface area contributed by atoms with Crippen molar-refractivity contribution in [2.75, 3.05) is 18.4 Å². The van der Waals surface area contributed by atoms with Crippen LogP contribution < -0.4 is 5.32 Å². The number of sulfonamides is 1. The summed E-state index contributed by atoms with van der Waals surface area (Å²) in [7, 11) is -3.57. The number of piperidine rings is 1. The SMILES string of the molecule is Cc1cccc(-c2nnc(NC(=O)C3CCCN(S(=O)(=O)c4cccs4)C3)o2)c1. The van der Waals surface area contributed by atoms with Crippen LogP contribution in [-0.4, -0.2) is 41.9 Å². The molecule has 1 saturated heterocycles. The second-order valence-corrected chi connectivity index (χ2v) is 10.0. The molecule has 1 N–H and O–H groups in total. The Morgan fingerprint density at radius 3 is 2.90 bits per heavy atom. The van der Waals surface area contributed by atoms with E-state index in [1.807, 2.05) is 31.2 Å². The van der Waals surface area contributed by atoms with E-state index in [-0.39, 0.29) is 18.5 Å². The second-order valence-electron chi connectivity index (χ2n) is 6.91. The topological polar surface area (TPSA) is 105 Å². The van der Waals surface area contributed by atoms with Crippen molar-refractivity contribution < 1.29 is 17.6 Å². The lowest BCUT2D eigenvalue weighted by molar-refractivity contribution is -0.121. The number of carbonyl (C=O) groups excluding carboxylic acids is 1. The van der Waals surface area contributed by atoms with E-state index >= 15 is 0 Å². The van der Waals surface area contributed by atoms with Gasteiger partial charge in [-0.1, -0.05) is 28.9 Å². The molecular weight excluding hydrogens is 412 g/mol. The van der Waals surface area contributed by atoms with Crippen molar-refractivity contribution >= 4 is 33.3 Å². The molecule has 1 amide bonds. The summed E-state index contributed by atoms with van der Waals surface area (Å²) in [6, 6.07) is 10.9. The van der Waals surface area contributed by atoms with Crippen LogP contribution in [0.2, 0.25) is 0 Å². The Balaban J connectivity index is 1.44.